The van der Waals surface area contributed by atoms with Gasteiger partial charge in [-0.25, -0.2) is 12.8 Å². The summed E-state index contributed by atoms with van der Waals surface area (Å²) in [6, 6.07) is 2.07. The van der Waals surface area contributed by atoms with Crippen LogP contribution < -0.4 is 10.5 Å². The largest absolute Gasteiger partial charge is 0.368 e. The summed E-state index contributed by atoms with van der Waals surface area (Å²) in [5.74, 6) is -1.37. The van der Waals surface area contributed by atoms with Gasteiger partial charge in [0.1, 0.15) is 5.82 Å². The maximum absolute atomic E-state index is 12.8. The molecule has 0 aliphatic rings. The van der Waals surface area contributed by atoms with Gasteiger partial charge in [-0.15, -0.1) is 0 Å². The van der Waals surface area contributed by atoms with E-state index in [4.69, 9.17) is 5.73 Å². The Kier molecular flexibility index (Phi) is 4.23. The number of benzene rings is 1. The van der Waals surface area contributed by atoms with Crippen molar-refractivity contribution in [2.45, 2.75) is 17.9 Å². The van der Waals surface area contributed by atoms with E-state index >= 15 is 0 Å². The van der Waals surface area contributed by atoms with Gasteiger partial charge in [0.2, 0.25) is 15.9 Å². The molecule has 1 amide bonds. The summed E-state index contributed by atoms with van der Waals surface area (Å²) in [5, 5.41) is 0. The van der Waals surface area contributed by atoms with Gasteiger partial charge < -0.3 is 5.73 Å². The van der Waals surface area contributed by atoms with Crippen molar-refractivity contribution >= 4 is 31.9 Å². The molecule has 1 unspecified atom stereocenters. The van der Waals surface area contributed by atoms with Gasteiger partial charge in [0.05, 0.1) is 10.9 Å². The molecule has 1 rings (SSSR count). The fourth-order valence-electron chi connectivity index (χ4n) is 1.05. The van der Waals surface area contributed by atoms with Crippen LogP contribution in [0.3, 0.4) is 0 Å². The minimum absolute atomic E-state index is 0.0710. The molecule has 1 aromatic rings. The molecule has 0 fully saturated rings. The van der Waals surface area contributed by atoms with Crippen molar-refractivity contribution in [3.63, 3.8) is 0 Å². The highest BCUT2D eigenvalue weighted by Crippen LogP contribution is 2.22. The molecule has 0 bridgehead atoms. The van der Waals surface area contributed by atoms with E-state index in [0.717, 1.165) is 18.2 Å². The number of halogens is 2. The first-order valence-corrected chi connectivity index (χ1v) is 6.78. The zero-order valence-electron chi connectivity index (χ0n) is 8.78. The van der Waals surface area contributed by atoms with Crippen LogP contribution in [-0.4, -0.2) is 20.4 Å². The third-order valence-electron chi connectivity index (χ3n) is 1.94. The fourth-order valence-corrected chi connectivity index (χ4v) is 3.31. The van der Waals surface area contributed by atoms with Crippen molar-refractivity contribution in [2.75, 3.05) is 0 Å². The normalized spacial score (nSPS) is 13.4. The van der Waals surface area contributed by atoms with Crippen molar-refractivity contribution in [2.24, 2.45) is 5.73 Å². The molecule has 5 nitrogen and oxygen atoms in total. The summed E-state index contributed by atoms with van der Waals surface area (Å²) in [5.41, 5.74) is 4.95. The van der Waals surface area contributed by atoms with Gasteiger partial charge in [0.15, 0.2) is 0 Å². The number of amides is 1. The Labute approximate surface area is 106 Å². The molecule has 0 spiro atoms. The second-order valence-electron chi connectivity index (χ2n) is 3.32. The van der Waals surface area contributed by atoms with Crippen molar-refractivity contribution in [3.8, 4) is 0 Å². The second kappa shape index (κ2) is 5.11. The van der Waals surface area contributed by atoms with E-state index in [1.807, 2.05) is 0 Å². The van der Waals surface area contributed by atoms with E-state index < -0.39 is 27.8 Å². The number of sulfonamides is 1. The van der Waals surface area contributed by atoms with Gasteiger partial charge in [-0.3, -0.25) is 4.79 Å². The van der Waals surface area contributed by atoms with Crippen molar-refractivity contribution in [1.29, 1.82) is 0 Å². The average molecular weight is 325 g/mol. The van der Waals surface area contributed by atoms with Crippen LogP contribution in [0.4, 0.5) is 4.39 Å². The Morgan fingerprint density at radius 1 is 1.53 bits per heavy atom. The SMILES string of the molecule is CC(NS(=O)(=O)c1ccc(F)cc1Br)C(N)=O. The predicted octanol–water partition coefficient (Wildman–Crippen LogP) is 0.740. The van der Waals surface area contributed by atoms with E-state index in [1.54, 1.807) is 0 Å². The van der Waals surface area contributed by atoms with Crippen molar-refractivity contribution in [3.05, 3.63) is 28.5 Å². The molecule has 0 saturated heterocycles. The number of hydrogen-bond acceptors (Lipinski definition) is 3. The lowest BCUT2D eigenvalue weighted by Gasteiger charge is -2.12. The highest BCUT2D eigenvalue weighted by Gasteiger charge is 2.22. The first-order chi connectivity index (χ1) is 7.74. The number of rotatable bonds is 4. The van der Waals surface area contributed by atoms with E-state index in [-0.39, 0.29) is 9.37 Å². The molecule has 1 aromatic carbocycles. The fraction of sp³-hybridized carbons (Fsp3) is 0.222. The van der Waals surface area contributed by atoms with Crippen LogP contribution in [0.25, 0.3) is 0 Å². The lowest BCUT2D eigenvalue weighted by atomic mass is 10.3. The molecule has 0 heterocycles. The molecule has 1 atom stereocenters. The lowest BCUT2D eigenvalue weighted by Crippen LogP contribution is -2.42. The smallest absolute Gasteiger partial charge is 0.242 e. The average Bonchev–Trinajstić information content (AvgIpc) is 2.15. The van der Waals surface area contributed by atoms with Crippen LogP contribution in [0, 0.1) is 5.82 Å². The maximum atomic E-state index is 12.8. The summed E-state index contributed by atoms with van der Waals surface area (Å²) in [6.07, 6.45) is 0. The van der Waals surface area contributed by atoms with Gasteiger partial charge in [-0.05, 0) is 41.1 Å². The summed E-state index contributed by atoms with van der Waals surface area (Å²) in [7, 11) is -3.92. The summed E-state index contributed by atoms with van der Waals surface area (Å²) < 4.78 is 38.6. The number of hydrogen-bond donors (Lipinski definition) is 2. The van der Waals surface area contributed by atoms with E-state index in [0.29, 0.717) is 0 Å². The maximum Gasteiger partial charge on any atom is 0.242 e. The van der Waals surface area contributed by atoms with Gasteiger partial charge in [-0.2, -0.15) is 4.72 Å². The van der Waals surface area contributed by atoms with Crippen LogP contribution in [0.5, 0.6) is 0 Å². The zero-order chi connectivity index (χ0) is 13.2. The number of carbonyl (C=O) groups excluding carboxylic acids is 1. The molecule has 94 valence electrons. The Balaban J connectivity index is 3.10. The third-order valence-corrected chi connectivity index (χ3v) is 4.46. The molecule has 8 heteroatoms. The van der Waals surface area contributed by atoms with Crippen LogP contribution in [0.2, 0.25) is 0 Å². The molecule has 0 aliphatic carbocycles. The topological polar surface area (TPSA) is 89.3 Å². The minimum atomic E-state index is -3.92. The molecule has 3 N–H and O–H groups in total. The van der Waals surface area contributed by atoms with E-state index in [9.17, 15) is 17.6 Å². The minimum Gasteiger partial charge on any atom is -0.368 e. The third kappa shape index (κ3) is 3.48. The number of nitrogens with one attached hydrogen (secondary N) is 1. The van der Waals surface area contributed by atoms with Gasteiger partial charge >= 0.3 is 0 Å². The molecule has 0 aromatic heterocycles. The molecule has 17 heavy (non-hydrogen) atoms. The van der Waals surface area contributed by atoms with Gasteiger partial charge in [0.25, 0.3) is 0 Å². The Hall–Kier alpha value is -0.990. The standard InChI is InChI=1S/C9H10BrFN2O3S/c1-5(9(12)14)13-17(15,16)8-3-2-6(11)4-7(8)10/h2-5,13H,1H3,(H2,12,14). The number of carbonyl (C=O) groups is 1. The lowest BCUT2D eigenvalue weighted by molar-refractivity contribution is -0.119. The molecule has 0 aliphatic heterocycles. The monoisotopic (exact) mass is 324 g/mol. The van der Waals surface area contributed by atoms with Crippen LogP contribution in [0.1, 0.15) is 6.92 Å². The zero-order valence-corrected chi connectivity index (χ0v) is 11.2. The quantitative estimate of drug-likeness (QED) is 0.856. The summed E-state index contributed by atoms with van der Waals surface area (Å²) in [4.78, 5) is 10.6. The van der Waals surface area contributed by atoms with Gasteiger partial charge in [-0.1, -0.05) is 0 Å². The van der Waals surface area contributed by atoms with Crippen LogP contribution >= 0.6 is 15.9 Å². The Bertz CT molecular complexity index is 547. The van der Waals surface area contributed by atoms with Crippen LogP contribution in [-0.2, 0) is 14.8 Å². The van der Waals surface area contributed by atoms with Crippen molar-refractivity contribution < 1.29 is 17.6 Å². The highest BCUT2D eigenvalue weighted by atomic mass is 79.9. The number of primary amides is 1. The van der Waals surface area contributed by atoms with E-state index in [2.05, 4.69) is 20.7 Å². The Morgan fingerprint density at radius 3 is 2.59 bits per heavy atom. The Morgan fingerprint density at radius 2 is 2.12 bits per heavy atom. The molecule has 0 saturated carbocycles. The van der Waals surface area contributed by atoms with Crippen molar-refractivity contribution in [1.82, 2.24) is 4.72 Å². The van der Waals surface area contributed by atoms with Gasteiger partial charge in [0, 0.05) is 4.47 Å². The second-order valence-corrected chi connectivity index (χ2v) is 5.86. The summed E-state index contributed by atoms with van der Waals surface area (Å²) in [6.45, 7) is 1.32. The van der Waals surface area contributed by atoms with E-state index in [1.165, 1.54) is 6.92 Å². The molecular weight excluding hydrogens is 315 g/mol. The molecule has 0 radical (unpaired) electrons. The molecular formula is C9H10BrFN2O3S. The highest BCUT2D eigenvalue weighted by molar-refractivity contribution is 9.10. The summed E-state index contributed by atoms with van der Waals surface area (Å²) >= 11 is 2.93. The predicted molar refractivity (Wildman–Crippen MR) is 63.1 cm³/mol. The first kappa shape index (κ1) is 14.1. The number of nitrogens with two attached hydrogens (primary N) is 1. The first-order valence-electron chi connectivity index (χ1n) is 4.51. The van der Waals surface area contributed by atoms with Crippen LogP contribution in [0.15, 0.2) is 27.6 Å².